The van der Waals surface area contributed by atoms with Gasteiger partial charge in [-0.25, -0.2) is 0 Å². The average molecular weight is 333 g/mol. The van der Waals surface area contributed by atoms with E-state index >= 15 is 0 Å². The highest BCUT2D eigenvalue weighted by Crippen LogP contribution is 2.25. The fourth-order valence-corrected chi connectivity index (χ4v) is 3.05. The Bertz CT molecular complexity index is 503. The first-order valence-electron chi connectivity index (χ1n) is 9.27. The molecule has 0 heterocycles. The molecule has 1 N–H and O–H groups in total. The number of hydrogen-bond donors (Lipinski definition) is 1. The number of carbonyl (C=O) groups excluding carboxylic acids is 1. The summed E-state index contributed by atoms with van der Waals surface area (Å²) in [7, 11) is 0. The van der Waals surface area contributed by atoms with Gasteiger partial charge in [0.25, 0.3) is 0 Å². The summed E-state index contributed by atoms with van der Waals surface area (Å²) < 4.78 is 11.4. The van der Waals surface area contributed by atoms with Crippen LogP contribution < -0.4 is 10.1 Å². The summed E-state index contributed by atoms with van der Waals surface area (Å²) in [5, 5.41) is 2.92. The van der Waals surface area contributed by atoms with Gasteiger partial charge in [-0.1, -0.05) is 45.2 Å². The van der Waals surface area contributed by atoms with Gasteiger partial charge in [-0.15, -0.1) is 0 Å². The molecule has 1 amide bonds. The van der Waals surface area contributed by atoms with Crippen LogP contribution in [0.25, 0.3) is 0 Å². The number of hydrogen-bond acceptors (Lipinski definition) is 3. The van der Waals surface area contributed by atoms with Crippen LogP contribution in [0.5, 0.6) is 5.75 Å². The summed E-state index contributed by atoms with van der Waals surface area (Å²) in [5.41, 5.74) is 1.05. The van der Waals surface area contributed by atoms with Gasteiger partial charge in [-0.3, -0.25) is 4.79 Å². The van der Waals surface area contributed by atoms with Crippen LogP contribution in [-0.4, -0.2) is 25.2 Å². The average Bonchev–Trinajstić information content (AvgIpc) is 2.59. The minimum Gasteiger partial charge on any atom is -0.494 e. The highest BCUT2D eigenvalue weighted by atomic mass is 16.5. The molecule has 4 heteroatoms. The lowest BCUT2D eigenvalue weighted by atomic mass is 9.89. The number of amides is 1. The van der Waals surface area contributed by atoms with Gasteiger partial charge < -0.3 is 14.8 Å². The second-order valence-electron chi connectivity index (χ2n) is 6.83. The molecule has 1 aliphatic carbocycles. The highest BCUT2D eigenvalue weighted by molar-refractivity contribution is 5.77. The predicted molar refractivity (Wildman–Crippen MR) is 96.1 cm³/mol. The van der Waals surface area contributed by atoms with E-state index in [1.807, 2.05) is 24.3 Å². The van der Waals surface area contributed by atoms with Gasteiger partial charge in [-0.05, 0) is 42.9 Å². The second-order valence-corrected chi connectivity index (χ2v) is 6.83. The van der Waals surface area contributed by atoms with Crippen LogP contribution in [0.2, 0.25) is 0 Å². The summed E-state index contributed by atoms with van der Waals surface area (Å²) >= 11 is 0. The van der Waals surface area contributed by atoms with Gasteiger partial charge in [0.1, 0.15) is 12.4 Å². The van der Waals surface area contributed by atoms with Crippen molar-refractivity contribution in [1.82, 2.24) is 5.32 Å². The molecule has 1 aliphatic rings. The van der Waals surface area contributed by atoms with E-state index in [9.17, 15) is 4.79 Å². The number of rotatable bonds is 9. The fourth-order valence-electron chi connectivity index (χ4n) is 3.05. The Labute approximate surface area is 145 Å². The van der Waals surface area contributed by atoms with Crippen LogP contribution in [0.4, 0.5) is 0 Å². The van der Waals surface area contributed by atoms with E-state index in [1.54, 1.807) is 0 Å². The molecule has 0 saturated heterocycles. The molecule has 2 unspecified atom stereocenters. The first-order valence-corrected chi connectivity index (χ1v) is 9.27. The molecule has 0 spiro atoms. The normalized spacial score (nSPS) is 20.6. The van der Waals surface area contributed by atoms with Crippen molar-refractivity contribution in [3.8, 4) is 5.75 Å². The lowest BCUT2D eigenvalue weighted by molar-refractivity contribution is -0.128. The van der Waals surface area contributed by atoms with Crippen molar-refractivity contribution in [2.45, 2.75) is 65.0 Å². The lowest BCUT2D eigenvalue weighted by Crippen LogP contribution is -2.31. The molecular weight excluding hydrogens is 302 g/mol. The number of unbranched alkanes of at least 4 members (excludes halogenated alkanes) is 1. The van der Waals surface area contributed by atoms with Crippen LogP contribution in [0, 0.1) is 5.92 Å². The molecule has 0 aliphatic heterocycles. The molecule has 2 rings (SSSR count). The third kappa shape index (κ3) is 6.91. The maximum atomic E-state index is 12.0. The molecule has 0 bridgehead atoms. The van der Waals surface area contributed by atoms with Crippen LogP contribution >= 0.6 is 0 Å². The third-order valence-corrected chi connectivity index (χ3v) is 4.49. The van der Waals surface area contributed by atoms with Gasteiger partial charge >= 0.3 is 0 Å². The van der Waals surface area contributed by atoms with Crippen molar-refractivity contribution in [3.05, 3.63) is 29.8 Å². The number of nitrogens with one attached hydrogen (secondary N) is 1. The minimum atomic E-state index is -0.0504. The molecule has 1 aromatic carbocycles. The molecule has 2 atom stereocenters. The minimum absolute atomic E-state index is 0.0504. The molecule has 4 nitrogen and oxygen atoms in total. The molecule has 0 radical (unpaired) electrons. The maximum Gasteiger partial charge on any atom is 0.246 e. The van der Waals surface area contributed by atoms with E-state index in [1.165, 1.54) is 12.8 Å². The first kappa shape index (κ1) is 18.8. The fraction of sp³-hybridized carbons (Fsp3) is 0.650. The molecule has 24 heavy (non-hydrogen) atoms. The molecule has 1 saturated carbocycles. The van der Waals surface area contributed by atoms with Crippen molar-refractivity contribution in [3.63, 3.8) is 0 Å². The van der Waals surface area contributed by atoms with Crippen molar-refractivity contribution in [1.29, 1.82) is 0 Å². The summed E-state index contributed by atoms with van der Waals surface area (Å²) in [4.78, 5) is 12.0. The Morgan fingerprint density at radius 1 is 1.33 bits per heavy atom. The summed E-state index contributed by atoms with van der Waals surface area (Å²) in [6, 6.07) is 7.90. The van der Waals surface area contributed by atoms with Crippen molar-refractivity contribution >= 4 is 5.91 Å². The van der Waals surface area contributed by atoms with E-state index in [4.69, 9.17) is 9.47 Å². The van der Waals surface area contributed by atoms with Crippen LogP contribution in [-0.2, 0) is 16.1 Å². The topological polar surface area (TPSA) is 47.6 Å². The summed E-state index contributed by atoms with van der Waals surface area (Å²) in [6.07, 6.45) is 7.06. The lowest BCUT2D eigenvalue weighted by Gasteiger charge is -2.26. The van der Waals surface area contributed by atoms with Crippen LogP contribution in [0.15, 0.2) is 24.3 Å². The number of carbonyl (C=O) groups is 1. The van der Waals surface area contributed by atoms with Gasteiger partial charge in [-0.2, -0.15) is 0 Å². The van der Waals surface area contributed by atoms with Gasteiger partial charge in [0.15, 0.2) is 0 Å². The number of benzene rings is 1. The molecule has 1 aromatic rings. The van der Waals surface area contributed by atoms with Crippen molar-refractivity contribution < 1.29 is 14.3 Å². The van der Waals surface area contributed by atoms with E-state index in [0.29, 0.717) is 12.5 Å². The van der Waals surface area contributed by atoms with Gasteiger partial charge in [0.05, 0.1) is 12.7 Å². The SMILES string of the molecule is CCCCOc1cccc(CNC(=O)COC2CCCC(C)C2)c1. The van der Waals surface area contributed by atoms with Crippen LogP contribution in [0.3, 0.4) is 0 Å². The Kier molecular flexibility index (Phi) is 8.10. The Hall–Kier alpha value is -1.55. The molecule has 0 aromatic heterocycles. The van der Waals surface area contributed by atoms with E-state index in [0.717, 1.165) is 43.6 Å². The zero-order valence-corrected chi connectivity index (χ0v) is 15.1. The highest BCUT2D eigenvalue weighted by Gasteiger charge is 2.20. The zero-order chi connectivity index (χ0) is 17.2. The van der Waals surface area contributed by atoms with Crippen molar-refractivity contribution in [2.24, 2.45) is 5.92 Å². The van der Waals surface area contributed by atoms with E-state index < -0.39 is 0 Å². The van der Waals surface area contributed by atoms with Crippen molar-refractivity contribution in [2.75, 3.05) is 13.2 Å². The first-order chi connectivity index (χ1) is 11.7. The van der Waals surface area contributed by atoms with Gasteiger partial charge in [0.2, 0.25) is 5.91 Å². The Balaban J connectivity index is 1.68. The predicted octanol–water partition coefficient (Wildman–Crippen LogP) is 4.08. The van der Waals surface area contributed by atoms with E-state index in [-0.39, 0.29) is 18.6 Å². The third-order valence-electron chi connectivity index (χ3n) is 4.49. The Morgan fingerprint density at radius 2 is 2.21 bits per heavy atom. The monoisotopic (exact) mass is 333 g/mol. The summed E-state index contributed by atoms with van der Waals surface area (Å²) in [5.74, 6) is 1.52. The molecule has 1 fully saturated rings. The van der Waals surface area contributed by atoms with E-state index in [2.05, 4.69) is 19.2 Å². The standard InChI is InChI=1S/C20H31NO3/c1-3-4-11-23-19-10-6-8-17(13-19)14-21-20(22)15-24-18-9-5-7-16(2)12-18/h6,8,10,13,16,18H,3-5,7,9,11-12,14-15H2,1-2H3,(H,21,22). The number of ether oxygens (including phenoxy) is 2. The molecule has 134 valence electrons. The largest absolute Gasteiger partial charge is 0.494 e. The van der Waals surface area contributed by atoms with Crippen LogP contribution in [0.1, 0.15) is 57.9 Å². The zero-order valence-electron chi connectivity index (χ0n) is 15.1. The quantitative estimate of drug-likeness (QED) is 0.693. The smallest absolute Gasteiger partial charge is 0.246 e. The Morgan fingerprint density at radius 3 is 3.00 bits per heavy atom. The molecular formula is C20H31NO3. The summed E-state index contributed by atoms with van der Waals surface area (Å²) in [6.45, 7) is 5.80. The second kappa shape index (κ2) is 10.3. The van der Waals surface area contributed by atoms with Gasteiger partial charge in [0, 0.05) is 6.54 Å². The maximum absolute atomic E-state index is 12.0.